The molecule has 0 heterocycles. The molecule has 0 atom stereocenters. The van der Waals surface area contributed by atoms with E-state index in [4.69, 9.17) is 5.11 Å². The Balaban J connectivity index is 3.14. The van der Waals surface area contributed by atoms with E-state index in [1.807, 2.05) is 0 Å². The van der Waals surface area contributed by atoms with Gasteiger partial charge in [-0.1, -0.05) is 18.7 Å². The molecule has 0 spiro atoms. The van der Waals surface area contributed by atoms with Gasteiger partial charge in [-0.2, -0.15) is 13.2 Å². The number of carboxylic acid groups (broad SMARTS) is 1. The highest BCUT2D eigenvalue weighted by molar-refractivity contribution is 6.14. The summed E-state index contributed by atoms with van der Waals surface area (Å²) in [5.74, 6) is -1.34. The van der Waals surface area contributed by atoms with Gasteiger partial charge in [-0.15, -0.1) is 0 Å². The second-order valence-electron chi connectivity index (χ2n) is 2.86. The first kappa shape index (κ1) is 11.3. The zero-order valence-corrected chi connectivity index (χ0v) is 7.51. The number of halogens is 3. The van der Waals surface area contributed by atoms with Gasteiger partial charge in [-0.3, -0.25) is 0 Å². The number of rotatable bonds is 2. The molecule has 0 aromatic heterocycles. The van der Waals surface area contributed by atoms with Crippen molar-refractivity contribution in [3.63, 3.8) is 0 Å². The van der Waals surface area contributed by atoms with Gasteiger partial charge in [0.15, 0.2) is 0 Å². The highest BCUT2D eigenvalue weighted by Gasteiger charge is 2.30. The summed E-state index contributed by atoms with van der Waals surface area (Å²) >= 11 is 0. The fourth-order valence-electron chi connectivity index (χ4n) is 1.01. The van der Waals surface area contributed by atoms with Crippen LogP contribution in [0.4, 0.5) is 13.2 Å². The van der Waals surface area contributed by atoms with E-state index in [1.54, 1.807) is 0 Å². The van der Waals surface area contributed by atoms with Crippen LogP contribution in [-0.2, 0) is 11.0 Å². The molecular weight excluding hydrogens is 209 g/mol. The predicted octanol–water partition coefficient (Wildman–Crippen LogP) is 2.80. The van der Waals surface area contributed by atoms with Crippen LogP contribution in [0.5, 0.6) is 0 Å². The van der Waals surface area contributed by atoms with E-state index in [0.29, 0.717) is 0 Å². The summed E-state index contributed by atoms with van der Waals surface area (Å²) < 4.78 is 36.8. The summed E-state index contributed by atoms with van der Waals surface area (Å²) in [5, 5.41) is 8.55. The van der Waals surface area contributed by atoms with Crippen LogP contribution in [-0.4, -0.2) is 11.1 Å². The fraction of sp³-hybridized carbons (Fsp3) is 0.100. The zero-order valence-electron chi connectivity index (χ0n) is 7.51. The van der Waals surface area contributed by atoms with Crippen LogP contribution in [0.25, 0.3) is 5.57 Å². The van der Waals surface area contributed by atoms with Gasteiger partial charge >= 0.3 is 12.1 Å². The Morgan fingerprint density at radius 2 is 1.93 bits per heavy atom. The molecule has 0 radical (unpaired) electrons. The maximum absolute atomic E-state index is 12.3. The molecule has 5 heteroatoms. The molecule has 0 amide bonds. The first-order valence-electron chi connectivity index (χ1n) is 3.92. The van der Waals surface area contributed by atoms with E-state index in [2.05, 4.69) is 6.58 Å². The third-order valence-corrected chi connectivity index (χ3v) is 1.80. The molecule has 0 aliphatic heterocycles. The van der Waals surface area contributed by atoms with Crippen LogP contribution < -0.4 is 0 Å². The molecule has 0 aliphatic rings. The lowest BCUT2D eigenvalue weighted by Gasteiger charge is -2.08. The van der Waals surface area contributed by atoms with Crippen molar-refractivity contribution >= 4 is 11.5 Å². The molecule has 1 N–H and O–H groups in total. The second kappa shape index (κ2) is 3.76. The number of hydrogen-bond donors (Lipinski definition) is 1. The summed E-state index contributed by atoms with van der Waals surface area (Å²) in [4.78, 5) is 10.5. The minimum absolute atomic E-state index is 0.0441. The van der Waals surface area contributed by atoms with E-state index in [1.165, 1.54) is 6.07 Å². The minimum atomic E-state index is -4.48. The van der Waals surface area contributed by atoms with Gasteiger partial charge in [-0.25, -0.2) is 4.79 Å². The lowest BCUT2D eigenvalue weighted by Crippen LogP contribution is -2.06. The summed E-state index contributed by atoms with van der Waals surface area (Å²) in [6.07, 6.45) is -4.48. The maximum atomic E-state index is 12.3. The molecule has 1 aromatic rings. The summed E-state index contributed by atoms with van der Waals surface area (Å²) in [7, 11) is 0. The second-order valence-corrected chi connectivity index (χ2v) is 2.86. The SMILES string of the molecule is C=C(C(=O)O)c1cccc(C(F)(F)F)c1. The molecule has 1 rings (SSSR count). The van der Waals surface area contributed by atoms with Crippen molar-refractivity contribution in [3.05, 3.63) is 42.0 Å². The number of aliphatic carboxylic acids is 1. The molecule has 1 aromatic carbocycles. The van der Waals surface area contributed by atoms with Crippen LogP contribution in [0, 0.1) is 0 Å². The highest BCUT2D eigenvalue weighted by atomic mass is 19.4. The first-order chi connectivity index (χ1) is 6.82. The van der Waals surface area contributed by atoms with Gasteiger partial charge < -0.3 is 5.11 Å². The lowest BCUT2D eigenvalue weighted by molar-refractivity contribution is -0.137. The molecule has 0 unspecified atom stereocenters. The zero-order chi connectivity index (χ0) is 11.6. The van der Waals surface area contributed by atoms with Gasteiger partial charge in [0, 0.05) is 0 Å². The number of carboxylic acids is 1. The predicted molar refractivity (Wildman–Crippen MR) is 48.1 cm³/mol. The third-order valence-electron chi connectivity index (χ3n) is 1.80. The molecule has 0 bridgehead atoms. The van der Waals surface area contributed by atoms with Crippen molar-refractivity contribution < 1.29 is 23.1 Å². The van der Waals surface area contributed by atoms with Crippen molar-refractivity contribution in [1.82, 2.24) is 0 Å². The van der Waals surface area contributed by atoms with Gasteiger partial charge in [0.25, 0.3) is 0 Å². The number of benzene rings is 1. The van der Waals surface area contributed by atoms with Crippen LogP contribution >= 0.6 is 0 Å². The van der Waals surface area contributed by atoms with E-state index in [-0.39, 0.29) is 11.1 Å². The Kier molecular flexibility index (Phi) is 2.83. The molecule has 0 saturated heterocycles. The van der Waals surface area contributed by atoms with Gasteiger partial charge in [0.2, 0.25) is 0 Å². The maximum Gasteiger partial charge on any atom is 0.416 e. The topological polar surface area (TPSA) is 37.3 Å². The Hall–Kier alpha value is -1.78. The molecule has 15 heavy (non-hydrogen) atoms. The van der Waals surface area contributed by atoms with Crippen LogP contribution in [0.1, 0.15) is 11.1 Å². The molecule has 0 saturated carbocycles. The van der Waals surface area contributed by atoms with Crippen molar-refractivity contribution in [2.75, 3.05) is 0 Å². The summed E-state index contributed by atoms with van der Waals surface area (Å²) in [6.45, 7) is 3.18. The molecule has 0 fully saturated rings. The standard InChI is InChI=1S/C10H7F3O2/c1-6(9(14)15)7-3-2-4-8(5-7)10(11,12)13/h2-5H,1H2,(H,14,15). The largest absolute Gasteiger partial charge is 0.478 e. The monoisotopic (exact) mass is 216 g/mol. The quantitative estimate of drug-likeness (QED) is 0.772. The Labute approximate surface area is 83.7 Å². The molecule has 0 aliphatic carbocycles. The normalized spacial score (nSPS) is 11.1. The van der Waals surface area contributed by atoms with Gasteiger partial charge in [0.05, 0.1) is 11.1 Å². The first-order valence-corrected chi connectivity index (χ1v) is 3.92. The fourth-order valence-corrected chi connectivity index (χ4v) is 1.01. The van der Waals surface area contributed by atoms with E-state index in [9.17, 15) is 18.0 Å². The number of carbonyl (C=O) groups is 1. The van der Waals surface area contributed by atoms with Crippen molar-refractivity contribution in [2.24, 2.45) is 0 Å². The van der Waals surface area contributed by atoms with E-state index in [0.717, 1.165) is 18.2 Å². The lowest BCUT2D eigenvalue weighted by atomic mass is 10.0. The summed E-state index contributed by atoms with van der Waals surface area (Å²) in [6, 6.07) is 4.05. The van der Waals surface area contributed by atoms with Crippen molar-refractivity contribution in [3.8, 4) is 0 Å². The van der Waals surface area contributed by atoms with Gasteiger partial charge in [0.1, 0.15) is 0 Å². The van der Waals surface area contributed by atoms with Crippen molar-refractivity contribution in [2.45, 2.75) is 6.18 Å². The average molecular weight is 216 g/mol. The van der Waals surface area contributed by atoms with Crippen LogP contribution in [0.2, 0.25) is 0 Å². The third kappa shape index (κ3) is 2.59. The summed E-state index contributed by atoms with van der Waals surface area (Å²) in [5.41, 5.74) is -1.29. The smallest absolute Gasteiger partial charge is 0.416 e. The Bertz CT molecular complexity index is 407. The van der Waals surface area contributed by atoms with Crippen molar-refractivity contribution in [1.29, 1.82) is 0 Å². The average Bonchev–Trinajstić information content (AvgIpc) is 2.15. The number of alkyl halides is 3. The van der Waals surface area contributed by atoms with Crippen LogP contribution in [0.15, 0.2) is 30.8 Å². The van der Waals surface area contributed by atoms with Gasteiger partial charge in [-0.05, 0) is 17.7 Å². The molecular formula is C10H7F3O2. The molecule has 80 valence electrons. The van der Waals surface area contributed by atoms with E-state index >= 15 is 0 Å². The Morgan fingerprint density at radius 3 is 2.40 bits per heavy atom. The highest BCUT2D eigenvalue weighted by Crippen LogP contribution is 2.30. The Morgan fingerprint density at radius 1 is 1.33 bits per heavy atom. The van der Waals surface area contributed by atoms with E-state index < -0.39 is 17.7 Å². The van der Waals surface area contributed by atoms with Crippen LogP contribution in [0.3, 0.4) is 0 Å². The molecule has 2 nitrogen and oxygen atoms in total. The number of hydrogen-bond acceptors (Lipinski definition) is 1. The minimum Gasteiger partial charge on any atom is -0.478 e.